The summed E-state index contributed by atoms with van der Waals surface area (Å²) in [6.07, 6.45) is 0. The lowest BCUT2D eigenvalue weighted by atomic mass is 10.3. The second-order valence-electron chi connectivity index (χ2n) is 4.59. The van der Waals surface area contributed by atoms with Crippen molar-refractivity contribution in [1.29, 1.82) is 0 Å². The lowest BCUT2D eigenvalue weighted by Gasteiger charge is -2.02. The van der Waals surface area contributed by atoms with Crippen LogP contribution in [0.25, 0.3) is 0 Å². The van der Waals surface area contributed by atoms with Gasteiger partial charge < -0.3 is 5.32 Å². The average Bonchev–Trinajstić information content (AvgIpc) is 2.79. The number of hydrogen-bond donors (Lipinski definition) is 2. The quantitative estimate of drug-likeness (QED) is 0.708. The van der Waals surface area contributed by atoms with Crippen LogP contribution in [-0.4, -0.2) is 32.5 Å². The number of hydrogen-bond acceptors (Lipinski definition) is 7. The van der Waals surface area contributed by atoms with Gasteiger partial charge in [-0.1, -0.05) is 11.3 Å². The number of anilines is 1. The zero-order valence-electron chi connectivity index (χ0n) is 12.5. The molecule has 0 saturated heterocycles. The van der Waals surface area contributed by atoms with Gasteiger partial charge in [0.2, 0.25) is 15.0 Å². The molecule has 3 N–H and O–H groups in total. The van der Waals surface area contributed by atoms with E-state index in [1.165, 1.54) is 38.2 Å². The predicted molar refractivity (Wildman–Crippen MR) is 86.0 cm³/mol. The molecule has 1 amide bonds. The minimum absolute atomic E-state index is 0.123. The average molecular weight is 391 g/mol. The molecule has 0 unspecified atom stereocenters. The fourth-order valence-corrected chi connectivity index (χ4v) is 4.36. The Hall–Kier alpha value is -2.09. The van der Waals surface area contributed by atoms with Crippen LogP contribution in [0.4, 0.5) is 5.69 Å². The maximum atomic E-state index is 12.3. The standard InChI is InChI=1S/C11H13N5O5S3/c1-7(17)13-8-3-5-9(6-4-8)24(20,21)15-10-16(2)14-11(22-10)23(12,18)19/h3-6H,1-2H3,(H,13,17)(H2,12,18,19)/b15-10+. The number of sulfonamides is 2. The van der Waals surface area contributed by atoms with E-state index in [0.29, 0.717) is 17.0 Å². The molecule has 130 valence electrons. The first-order chi connectivity index (χ1) is 11.0. The maximum Gasteiger partial charge on any atom is 0.285 e. The highest BCUT2D eigenvalue weighted by Crippen LogP contribution is 2.16. The second-order valence-corrected chi connectivity index (χ2v) is 8.89. The van der Waals surface area contributed by atoms with Crippen LogP contribution in [0.15, 0.2) is 37.9 Å². The van der Waals surface area contributed by atoms with Crippen molar-refractivity contribution in [3.05, 3.63) is 29.1 Å². The largest absolute Gasteiger partial charge is 0.326 e. The van der Waals surface area contributed by atoms with Gasteiger partial charge in [-0.15, -0.1) is 9.50 Å². The van der Waals surface area contributed by atoms with E-state index in [-0.39, 0.29) is 15.6 Å². The predicted octanol–water partition coefficient (Wildman–Crippen LogP) is -0.623. The molecular weight excluding hydrogens is 378 g/mol. The molecule has 0 atom stereocenters. The van der Waals surface area contributed by atoms with Gasteiger partial charge in [0.1, 0.15) is 0 Å². The Morgan fingerprint density at radius 3 is 2.29 bits per heavy atom. The van der Waals surface area contributed by atoms with E-state index < -0.39 is 24.4 Å². The molecule has 1 heterocycles. The van der Waals surface area contributed by atoms with Crippen molar-refractivity contribution in [2.45, 2.75) is 16.2 Å². The Kier molecular flexibility index (Phi) is 4.89. The fraction of sp³-hybridized carbons (Fsp3) is 0.182. The SMILES string of the molecule is CC(=O)Nc1ccc(S(=O)(=O)/N=c2/sc(S(N)(=O)=O)nn2C)cc1. The minimum atomic E-state index is -4.09. The summed E-state index contributed by atoms with van der Waals surface area (Å²) >= 11 is 0.536. The molecule has 0 spiro atoms. The lowest BCUT2D eigenvalue weighted by molar-refractivity contribution is -0.114. The number of nitrogens with one attached hydrogen (secondary N) is 1. The van der Waals surface area contributed by atoms with Crippen molar-refractivity contribution < 1.29 is 21.6 Å². The van der Waals surface area contributed by atoms with Crippen molar-refractivity contribution in [1.82, 2.24) is 9.78 Å². The van der Waals surface area contributed by atoms with E-state index in [0.717, 1.165) is 4.68 Å². The molecule has 0 aliphatic heterocycles. The lowest BCUT2D eigenvalue weighted by Crippen LogP contribution is -2.15. The number of carbonyl (C=O) groups excluding carboxylic acids is 1. The highest BCUT2D eigenvalue weighted by molar-refractivity contribution is 7.91. The Labute approximate surface area is 141 Å². The molecule has 2 aromatic rings. The smallest absolute Gasteiger partial charge is 0.285 e. The molecule has 24 heavy (non-hydrogen) atoms. The van der Waals surface area contributed by atoms with Crippen LogP contribution in [0.2, 0.25) is 0 Å². The van der Waals surface area contributed by atoms with Gasteiger partial charge in [-0.3, -0.25) is 4.79 Å². The molecule has 0 saturated carbocycles. The normalized spacial score (nSPS) is 13.0. The highest BCUT2D eigenvalue weighted by Gasteiger charge is 2.17. The summed E-state index contributed by atoms with van der Waals surface area (Å²) in [6, 6.07) is 5.36. The monoisotopic (exact) mass is 391 g/mol. The van der Waals surface area contributed by atoms with Gasteiger partial charge in [0.15, 0.2) is 0 Å². The van der Waals surface area contributed by atoms with Gasteiger partial charge in [0.05, 0.1) is 4.90 Å². The summed E-state index contributed by atoms with van der Waals surface area (Å²) in [4.78, 5) is 10.7. The number of aryl methyl sites for hydroxylation is 1. The summed E-state index contributed by atoms with van der Waals surface area (Å²) in [5, 5.41) is 11.1. The third kappa shape index (κ3) is 4.25. The fourth-order valence-electron chi connectivity index (χ4n) is 1.59. The molecule has 13 heteroatoms. The first-order valence-electron chi connectivity index (χ1n) is 6.24. The van der Waals surface area contributed by atoms with Crippen molar-refractivity contribution in [3.8, 4) is 0 Å². The number of rotatable bonds is 4. The van der Waals surface area contributed by atoms with E-state index in [2.05, 4.69) is 14.8 Å². The summed E-state index contributed by atoms with van der Waals surface area (Å²) in [6.45, 7) is 1.33. The zero-order valence-corrected chi connectivity index (χ0v) is 14.9. The number of benzene rings is 1. The molecule has 10 nitrogen and oxygen atoms in total. The maximum absolute atomic E-state index is 12.3. The van der Waals surface area contributed by atoms with Crippen LogP contribution in [0.1, 0.15) is 6.92 Å². The number of nitrogens with zero attached hydrogens (tertiary/aromatic N) is 3. The topological polar surface area (TPSA) is 154 Å². The van der Waals surface area contributed by atoms with Gasteiger partial charge in [-0.25, -0.2) is 18.2 Å². The van der Waals surface area contributed by atoms with E-state index in [1.807, 2.05) is 0 Å². The van der Waals surface area contributed by atoms with Crippen LogP contribution in [0.3, 0.4) is 0 Å². The van der Waals surface area contributed by atoms with Crippen molar-refractivity contribution >= 4 is 43.0 Å². The van der Waals surface area contributed by atoms with Gasteiger partial charge >= 0.3 is 0 Å². The number of amides is 1. The minimum Gasteiger partial charge on any atom is -0.326 e. The van der Waals surface area contributed by atoms with Gasteiger partial charge in [-0.2, -0.15) is 8.42 Å². The summed E-state index contributed by atoms with van der Waals surface area (Å²) in [5.74, 6) is -0.289. The number of aromatic nitrogens is 2. The number of primary sulfonamides is 1. The second kappa shape index (κ2) is 6.43. The molecule has 0 bridgehead atoms. The van der Waals surface area contributed by atoms with E-state index in [9.17, 15) is 21.6 Å². The van der Waals surface area contributed by atoms with Crippen molar-refractivity contribution in [2.75, 3.05) is 5.32 Å². The van der Waals surface area contributed by atoms with Crippen LogP contribution in [-0.2, 0) is 31.9 Å². The molecule has 0 fully saturated rings. The van der Waals surface area contributed by atoms with E-state index in [4.69, 9.17) is 5.14 Å². The molecule has 0 radical (unpaired) electrons. The summed E-state index contributed by atoms with van der Waals surface area (Å²) < 4.78 is 51.2. The summed E-state index contributed by atoms with van der Waals surface area (Å²) in [7, 11) is -6.79. The molecule has 0 aliphatic rings. The van der Waals surface area contributed by atoms with Crippen molar-refractivity contribution in [2.24, 2.45) is 16.6 Å². The molecule has 2 rings (SSSR count). The Morgan fingerprint density at radius 1 is 1.25 bits per heavy atom. The third-order valence-corrected chi connectivity index (χ3v) is 6.31. The Bertz CT molecular complexity index is 1050. The van der Waals surface area contributed by atoms with E-state index in [1.54, 1.807) is 0 Å². The number of nitrogens with two attached hydrogens (primary N) is 1. The molecular formula is C11H13N5O5S3. The van der Waals surface area contributed by atoms with E-state index >= 15 is 0 Å². The first-order valence-corrected chi connectivity index (χ1v) is 10.0. The van der Waals surface area contributed by atoms with Crippen molar-refractivity contribution in [3.63, 3.8) is 0 Å². The summed E-state index contributed by atoms with van der Waals surface area (Å²) in [5.41, 5.74) is 0.432. The van der Waals surface area contributed by atoms with Crippen LogP contribution in [0, 0.1) is 0 Å². The highest BCUT2D eigenvalue weighted by atomic mass is 32.2. The van der Waals surface area contributed by atoms with Crippen LogP contribution < -0.4 is 15.3 Å². The van der Waals surface area contributed by atoms with Gasteiger partial charge in [0, 0.05) is 19.7 Å². The van der Waals surface area contributed by atoms with Gasteiger partial charge in [-0.05, 0) is 24.3 Å². The van der Waals surface area contributed by atoms with Crippen LogP contribution in [0.5, 0.6) is 0 Å². The Morgan fingerprint density at radius 2 is 1.83 bits per heavy atom. The van der Waals surface area contributed by atoms with Crippen LogP contribution >= 0.6 is 11.3 Å². The Balaban J connectivity index is 2.45. The zero-order chi connectivity index (χ0) is 18.1. The molecule has 1 aromatic carbocycles. The number of carbonyl (C=O) groups is 1. The molecule has 1 aromatic heterocycles. The first kappa shape index (κ1) is 18.3. The third-order valence-electron chi connectivity index (χ3n) is 2.60. The molecule has 0 aliphatic carbocycles. The van der Waals surface area contributed by atoms with Gasteiger partial charge in [0.25, 0.3) is 20.0 Å².